The van der Waals surface area contributed by atoms with Crippen molar-refractivity contribution in [1.82, 2.24) is 39.2 Å². The molecule has 0 amide bonds. The molecule has 0 aromatic carbocycles. The van der Waals surface area contributed by atoms with Gasteiger partial charge in [-0.25, -0.2) is 34.0 Å². The molecule has 0 N–H and O–H groups in total. The van der Waals surface area contributed by atoms with Gasteiger partial charge in [0.15, 0.2) is 5.82 Å². The maximum atomic E-state index is 14.4. The standard InChI is InChI=1S/C25H23F4N9/c1-15(17-10-35-38(11-17)20-7-5-4-6-19(20)26)37-12-18(16-8-30-24(31-9-16)25(27,28)29)21-22(34-14-36(2)3)32-13-33-23(21)37/h5,7-15H,4,6H2,1-3H3/b34-14+. The number of aromatic nitrogens is 7. The summed E-state index contributed by atoms with van der Waals surface area (Å²) in [5, 5.41) is 4.87. The Bertz CT molecular complexity index is 1560. The fourth-order valence-electron chi connectivity index (χ4n) is 4.13. The second kappa shape index (κ2) is 9.80. The molecular weight excluding hydrogens is 502 g/mol. The highest BCUT2D eigenvalue weighted by Crippen LogP contribution is 2.38. The van der Waals surface area contributed by atoms with Gasteiger partial charge >= 0.3 is 6.18 Å². The molecule has 1 atom stereocenters. The van der Waals surface area contributed by atoms with Crippen molar-refractivity contribution in [3.8, 4) is 11.1 Å². The summed E-state index contributed by atoms with van der Waals surface area (Å²) in [6, 6.07) is -0.327. The molecule has 5 rings (SSSR count). The Hall–Kier alpha value is -4.42. The molecule has 13 heteroatoms. The smallest absolute Gasteiger partial charge is 0.369 e. The zero-order chi connectivity index (χ0) is 27.0. The number of nitrogens with zero attached hydrogens (tertiary/aromatic N) is 9. The Morgan fingerprint density at radius 2 is 1.84 bits per heavy atom. The molecule has 4 heterocycles. The van der Waals surface area contributed by atoms with Gasteiger partial charge < -0.3 is 9.47 Å². The van der Waals surface area contributed by atoms with Crippen LogP contribution in [-0.4, -0.2) is 59.6 Å². The molecule has 196 valence electrons. The number of allylic oxidation sites excluding steroid dienone is 4. The van der Waals surface area contributed by atoms with Gasteiger partial charge in [0.25, 0.3) is 0 Å². The van der Waals surface area contributed by atoms with Gasteiger partial charge in [0, 0.05) is 62.0 Å². The average Bonchev–Trinajstić information content (AvgIpc) is 3.53. The van der Waals surface area contributed by atoms with Crippen LogP contribution in [0.15, 0.2) is 60.3 Å². The molecule has 0 saturated carbocycles. The summed E-state index contributed by atoms with van der Waals surface area (Å²) in [7, 11) is 3.61. The van der Waals surface area contributed by atoms with Crippen molar-refractivity contribution in [2.24, 2.45) is 4.99 Å². The molecule has 0 saturated heterocycles. The molecule has 0 aliphatic heterocycles. The van der Waals surface area contributed by atoms with Gasteiger partial charge in [-0.1, -0.05) is 6.08 Å². The molecular formula is C25H23F4N9. The van der Waals surface area contributed by atoms with Crippen LogP contribution in [0, 0.1) is 0 Å². The van der Waals surface area contributed by atoms with Crippen molar-refractivity contribution in [2.75, 3.05) is 14.1 Å². The SMILES string of the molecule is CC(c1cnn(C2=C(F)CCC=C2)c1)n1cc(-c2cnc(C(F)(F)F)nc2)c2c(/N=C/N(C)C)ncnc21. The van der Waals surface area contributed by atoms with Crippen molar-refractivity contribution in [3.05, 3.63) is 66.7 Å². The predicted octanol–water partition coefficient (Wildman–Crippen LogP) is 5.42. The Kier molecular flexibility index (Phi) is 6.51. The first-order chi connectivity index (χ1) is 18.1. The van der Waals surface area contributed by atoms with E-state index in [0.29, 0.717) is 46.5 Å². The third kappa shape index (κ3) is 4.78. The highest BCUT2D eigenvalue weighted by atomic mass is 19.4. The molecule has 0 fully saturated rings. The number of hydrogen-bond acceptors (Lipinski definition) is 6. The van der Waals surface area contributed by atoms with E-state index in [0.717, 1.165) is 18.0 Å². The third-order valence-corrected chi connectivity index (χ3v) is 6.05. The lowest BCUT2D eigenvalue weighted by Gasteiger charge is -2.13. The highest BCUT2D eigenvalue weighted by Gasteiger charge is 2.34. The Labute approximate surface area is 214 Å². The maximum absolute atomic E-state index is 14.4. The molecule has 4 aromatic rings. The minimum absolute atomic E-state index is 0.234. The molecule has 4 aromatic heterocycles. The van der Waals surface area contributed by atoms with E-state index in [2.05, 4.69) is 30.0 Å². The lowest BCUT2D eigenvalue weighted by Crippen LogP contribution is -2.10. The number of fused-ring (bicyclic) bond motifs is 1. The summed E-state index contributed by atoms with van der Waals surface area (Å²) >= 11 is 0. The van der Waals surface area contributed by atoms with E-state index in [4.69, 9.17) is 0 Å². The first kappa shape index (κ1) is 25.2. The fourth-order valence-corrected chi connectivity index (χ4v) is 4.13. The highest BCUT2D eigenvalue weighted by molar-refractivity contribution is 6.01. The summed E-state index contributed by atoms with van der Waals surface area (Å²) in [6.45, 7) is 1.92. The van der Waals surface area contributed by atoms with Gasteiger partial charge in [0.2, 0.25) is 5.82 Å². The molecule has 9 nitrogen and oxygen atoms in total. The normalized spacial score (nSPS) is 15.1. The molecule has 0 bridgehead atoms. The summed E-state index contributed by atoms with van der Waals surface area (Å²) in [5.41, 5.74) is 2.53. The second-order valence-electron chi connectivity index (χ2n) is 8.97. The monoisotopic (exact) mass is 525 g/mol. The van der Waals surface area contributed by atoms with E-state index in [1.165, 1.54) is 11.0 Å². The van der Waals surface area contributed by atoms with Crippen molar-refractivity contribution in [2.45, 2.75) is 32.0 Å². The van der Waals surface area contributed by atoms with Gasteiger partial charge in [-0.3, -0.25) is 0 Å². The van der Waals surface area contributed by atoms with Crippen molar-refractivity contribution >= 4 is 28.9 Å². The average molecular weight is 526 g/mol. The molecule has 0 spiro atoms. The van der Waals surface area contributed by atoms with Crippen LogP contribution in [0.1, 0.15) is 37.2 Å². The van der Waals surface area contributed by atoms with Crippen LogP contribution in [0.4, 0.5) is 23.4 Å². The largest absolute Gasteiger partial charge is 0.451 e. The first-order valence-corrected chi connectivity index (χ1v) is 11.7. The molecule has 1 unspecified atom stereocenters. The predicted molar refractivity (Wildman–Crippen MR) is 134 cm³/mol. The van der Waals surface area contributed by atoms with E-state index in [-0.39, 0.29) is 11.9 Å². The van der Waals surface area contributed by atoms with E-state index < -0.39 is 12.0 Å². The zero-order valence-corrected chi connectivity index (χ0v) is 20.7. The lowest BCUT2D eigenvalue weighted by atomic mass is 10.1. The van der Waals surface area contributed by atoms with Gasteiger partial charge in [-0.15, -0.1) is 0 Å². The quantitative estimate of drug-likeness (QED) is 0.190. The summed E-state index contributed by atoms with van der Waals surface area (Å²) in [5.74, 6) is -1.13. The molecule has 38 heavy (non-hydrogen) atoms. The van der Waals surface area contributed by atoms with E-state index in [1.807, 2.05) is 17.6 Å². The van der Waals surface area contributed by atoms with E-state index >= 15 is 0 Å². The maximum Gasteiger partial charge on any atom is 0.451 e. The summed E-state index contributed by atoms with van der Waals surface area (Å²) in [6.07, 6.45) is 10.2. The number of alkyl halides is 3. The topological polar surface area (TPSA) is 89.9 Å². The van der Waals surface area contributed by atoms with Crippen LogP contribution < -0.4 is 0 Å². The van der Waals surface area contributed by atoms with Gasteiger partial charge in [0.05, 0.1) is 29.7 Å². The minimum atomic E-state index is -4.66. The van der Waals surface area contributed by atoms with Crippen molar-refractivity contribution in [3.63, 3.8) is 0 Å². The number of halogens is 4. The Morgan fingerprint density at radius 1 is 1.08 bits per heavy atom. The number of hydrogen-bond donors (Lipinski definition) is 0. The van der Waals surface area contributed by atoms with Crippen LogP contribution in [0.5, 0.6) is 0 Å². The third-order valence-electron chi connectivity index (χ3n) is 6.05. The van der Waals surface area contributed by atoms with Crippen LogP contribution in [-0.2, 0) is 6.18 Å². The fraction of sp³-hybridized carbons (Fsp3) is 0.280. The Balaban J connectivity index is 1.63. The lowest BCUT2D eigenvalue weighted by molar-refractivity contribution is -0.144. The van der Waals surface area contributed by atoms with Crippen LogP contribution in [0.2, 0.25) is 0 Å². The Morgan fingerprint density at radius 3 is 2.53 bits per heavy atom. The van der Waals surface area contributed by atoms with Gasteiger partial charge in [0.1, 0.15) is 17.8 Å². The van der Waals surface area contributed by atoms with Crippen molar-refractivity contribution in [1.29, 1.82) is 0 Å². The van der Waals surface area contributed by atoms with Crippen LogP contribution in [0.3, 0.4) is 0 Å². The first-order valence-electron chi connectivity index (χ1n) is 11.7. The summed E-state index contributed by atoms with van der Waals surface area (Å²) in [4.78, 5) is 22.0. The van der Waals surface area contributed by atoms with Crippen molar-refractivity contribution < 1.29 is 17.6 Å². The van der Waals surface area contributed by atoms with Crippen LogP contribution >= 0.6 is 0 Å². The molecule has 0 radical (unpaired) electrons. The van der Waals surface area contributed by atoms with Gasteiger partial charge in [-0.2, -0.15) is 18.3 Å². The van der Waals surface area contributed by atoms with E-state index in [1.54, 1.807) is 50.0 Å². The zero-order valence-electron chi connectivity index (χ0n) is 20.7. The molecule has 1 aliphatic rings. The van der Waals surface area contributed by atoms with E-state index in [9.17, 15) is 17.6 Å². The second-order valence-corrected chi connectivity index (χ2v) is 8.97. The molecule has 1 aliphatic carbocycles. The van der Waals surface area contributed by atoms with Crippen LogP contribution in [0.25, 0.3) is 27.9 Å². The van der Waals surface area contributed by atoms with Gasteiger partial charge in [-0.05, 0) is 19.4 Å². The number of aliphatic imine (C=N–C) groups is 1. The number of rotatable bonds is 6. The minimum Gasteiger partial charge on any atom is -0.369 e. The summed E-state index contributed by atoms with van der Waals surface area (Å²) < 4.78 is 56.9.